The summed E-state index contributed by atoms with van der Waals surface area (Å²) in [5, 5.41) is 3.00. The Labute approximate surface area is 139 Å². The van der Waals surface area contributed by atoms with Crippen molar-refractivity contribution in [2.75, 3.05) is 13.4 Å². The van der Waals surface area contributed by atoms with Crippen molar-refractivity contribution in [1.29, 1.82) is 0 Å². The maximum absolute atomic E-state index is 12.5. The molecule has 4 rings (SSSR count). The third-order valence-electron chi connectivity index (χ3n) is 4.17. The normalized spacial score (nSPS) is 15.8. The van der Waals surface area contributed by atoms with Crippen molar-refractivity contribution in [2.24, 2.45) is 0 Å². The number of hydrogen-bond donors (Lipinski definition) is 1. The van der Waals surface area contributed by atoms with E-state index < -0.39 is 0 Å². The number of benzene rings is 2. The molecule has 0 aromatic heterocycles. The Balaban J connectivity index is 1.49. The molecular formula is C19H17NO4. The van der Waals surface area contributed by atoms with Gasteiger partial charge in [0, 0.05) is 5.56 Å². The highest BCUT2D eigenvalue weighted by molar-refractivity contribution is 5.99. The second-order valence-electron chi connectivity index (χ2n) is 5.80. The predicted molar refractivity (Wildman–Crippen MR) is 89.0 cm³/mol. The minimum Gasteiger partial charge on any atom is -0.488 e. The van der Waals surface area contributed by atoms with Gasteiger partial charge in [0.2, 0.25) is 6.79 Å². The monoisotopic (exact) mass is 323 g/mol. The van der Waals surface area contributed by atoms with E-state index >= 15 is 0 Å². The number of ether oxygens (including phenoxy) is 3. The summed E-state index contributed by atoms with van der Waals surface area (Å²) >= 11 is 0. The second kappa shape index (κ2) is 5.92. The van der Waals surface area contributed by atoms with E-state index in [2.05, 4.69) is 5.32 Å². The molecule has 24 heavy (non-hydrogen) atoms. The summed E-state index contributed by atoms with van der Waals surface area (Å²) in [5.41, 5.74) is 2.50. The SMILES string of the molecule is C[C@H](NC(=O)C1=Cc2ccccc2OC1)c1ccc2c(c1)OCO2. The van der Waals surface area contributed by atoms with Gasteiger partial charge in [-0.1, -0.05) is 24.3 Å². The van der Waals surface area contributed by atoms with Crippen LogP contribution in [0.3, 0.4) is 0 Å². The number of carbonyl (C=O) groups excluding carboxylic acids is 1. The summed E-state index contributed by atoms with van der Waals surface area (Å²) in [6, 6.07) is 13.2. The zero-order valence-corrected chi connectivity index (χ0v) is 13.2. The molecule has 2 heterocycles. The van der Waals surface area contributed by atoms with Crippen LogP contribution in [0.1, 0.15) is 24.1 Å². The number of amides is 1. The van der Waals surface area contributed by atoms with E-state index in [1.165, 1.54) is 0 Å². The van der Waals surface area contributed by atoms with E-state index in [9.17, 15) is 4.79 Å². The first-order valence-corrected chi connectivity index (χ1v) is 7.83. The van der Waals surface area contributed by atoms with Crippen molar-refractivity contribution >= 4 is 12.0 Å². The van der Waals surface area contributed by atoms with Crippen molar-refractivity contribution in [2.45, 2.75) is 13.0 Å². The van der Waals surface area contributed by atoms with Crippen molar-refractivity contribution in [3.05, 3.63) is 59.2 Å². The third kappa shape index (κ3) is 2.69. The molecule has 0 radical (unpaired) electrons. The molecule has 5 heteroatoms. The fourth-order valence-corrected chi connectivity index (χ4v) is 2.80. The standard InChI is InChI=1S/C19H17NO4/c1-12(13-6-7-17-18(9-13)24-11-23-17)20-19(21)15-8-14-4-2-3-5-16(14)22-10-15/h2-9,12H,10-11H2,1H3,(H,20,21)/t12-/m0/s1. The molecular weight excluding hydrogens is 306 g/mol. The van der Waals surface area contributed by atoms with Gasteiger partial charge in [0.1, 0.15) is 12.4 Å². The Bertz CT molecular complexity index is 828. The Kier molecular flexibility index (Phi) is 3.61. The molecule has 122 valence electrons. The second-order valence-corrected chi connectivity index (χ2v) is 5.80. The first-order valence-electron chi connectivity index (χ1n) is 7.83. The molecule has 0 saturated heterocycles. The maximum atomic E-state index is 12.5. The Morgan fingerprint density at radius 2 is 1.88 bits per heavy atom. The van der Waals surface area contributed by atoms with Crippen LogP contribution in [0.4, 0.5) is 0 Å². The van der Waals surface area contributed by atoms with Crippen LogP contribution < -0.4 is 19.5 Å². The Morgan fingerprint density at radius 3 is 2.79 bits per heavy atom. The Hall–Kier alpha value is -2.95. The molecule has 0 bridgehead atoms. The summed E-state index contributed by atoms with van der Waals surface area (Å²) in [5.74, 6) is 2.12. The molecule has 0 aliphatic carbocycles. The van der Waals surface area contributed by atoms with Crippen LogP contribution in [0.15, 0.2) is 48.0 Å². The zero-order valence-electron chi connectivity index (χ0n) is 13.2. The van der Waals surface area contributed by atoms with E-state index in [1.54, 1.807) is 0 Å². The molecule has 1 atom stereocenters. The minimum absolute atomic E-state index is 0.130. The lowest BCUT2D eigenvalue weighted by atomic mass is 10.0. The van der Waals surface area contributed by atoms with Crippen LogP contribution in [0.2, 0.25) is 0 Å². The average molecular weight is 323 g/mol. The van der Waals surface area contributed by atoms with Gasteiger partial charge in [0.25, 0.3) is 5.91 Å². The molecule has 0 unspecified atom stereocenters. The molecule has 1 N–H and O–H groups in total. The van der Waals surface area contributed by atoms with Gasteiger partial charge in [-0.05, 0) is 36.8 Å². The molecule has 2 aromatic rings. The van der Waals surface area contributed by atoms with Crippen LogP contribution in [0.25, 0.3) is 6.08 Å². The van der Waals surface area contributed by atoms with Crippen LogP contribution in [-0.4, -0.2) is 19.3 Å². The fourth-order valence-electron chi connectivity index (χ4n) is 2.80. The van der Waals surface area contributed by atoms with Crippen molar-refractivity contribution in [3.8, 4) is 17.2 Å². The maximum Gasteiger partial charge on any atom is 0.251 e. The average Bonchev–Trinajstić information content (AvgIpc) is 3.08. The highest BCUT2D eigenvalue weighted by atomic mass is 16.7. The lowest BCUT2D eigenvalue weighted by molar-refractivity contribution is -0.118. The van der Waals surface area contributed by atoms with Crippen molar-refractivity contribution < 1.29 is 19.0 Å². The summed E-state index contributed by atoms with van der Waals surface area (Å²) in [6.07, 6.45) is 1.88. The first-order chi connectivity index (χ1) is 11.7. The molecule has 1 amide bonds. The first kappa shape index (κ1) is 14.6. The van der Waals surface area contributed by atoms with Gasteiger partial charge in [-0.2, -0.15) is 0 Å². The topological polar surface area (TPSA) is 56.8 Å². The van der Waals surface area contributed by atoms with E-state index in [-0.39, 0.29) is 25.3 Å². The fraction of sp³-hybridized carbons (Fsp3) is 0.211. The molecule has 5 nitrogen and oxygen atoms in total. The summed E-state index contributed by atoms with van der Waals surface area (Å²) < 4.78 is 16.3. The number of fused-ring (bicyclic) bond motifs is 2. The molecule has 2 aliphatic heterocycles. The van der Waals surface area contributed by atoms with Gasteiger partial charge in [-0.25, -0.2) is 0 Å². The lowest BCUT2D eigenvalue weighted by Crippen LogP contribution is -2.30. The van der Waals surface area contributed by atoms with E-state index in [4.69, 9.17) is 14.2 Å². The van der Waals surface area contributed by atoms with Gasteiger partial charge < -0.3 is 19.5 Å². The lowest BCUT2D eigenvalue weighted by Gasteiger charge is -2.20. The molecule has 0 fully saturated rings. The summed E-state index contributed by atoms with van der Waals surface area (Å²) in [6.45, 7) is 2.45. The smallest absolute Gasteiger partial charge is 0.251 e. The Morgan fingerprint density at radius 1 is 1.04 bits per heavy atom. The van der Waals surface area contributed by atoms with Crippen LogP contribution >= 0.6 is 0 Å². The van der Waals surface area contributed by atoms with E-state index in [1.807, 2.05) is 55.5 Å². The number of hydrogen-bond acceptors (Lipinski definition) is 4. The largest absolute Gasteiger partial charge is 0.488 e. The van der Waals surface area contributed by atoms with Crippen LogP contribution in [0, 0.1) is 0 Å². The van der Waals surface area contributed by atoms with Crippen LogP contribution in [0.5, 0.6) is 17.2 Å². The third-order valence-corrected chi connectivity index (χ3v) is 4.17. The molecule has 2 aromatic carbocycles. The highest BCUT2D eigenvalue weighted by Crippen LogP contribution is 2.34. The minimum atomic E-state index is -0.148. The van der Waals surface area contributed by atoms with E-state index in [0.29, 0.717) is 11.3 Å². The van der Waals surface area contributed by atoms with Gasteiger partial charge in [0.05, 0.1) is 11.6 Å². The number of para-hydroxylation sites is 1. The number of nitrogens with one attached hydrogen (secondary N) is 1. The van der Waals surface area contributed by atoms with E-state index in [0.717, 1.165) is 22.6 Å². The van der Waals surface area contributed by atoms with Gasteiger partial charge in [0.15, 0.2) is 11.5 Å². The molecule has 0 saturated carbocycles. The predicted octanol–water partition coefficient (Wildman–Crippen LogP) is 3.07. The van der Waals surface area contributed by atoms with Crippen LogP contribution in [-0.2, 0) is 4.79 Å². The highest BCUT2D eigenvalue weighted by Gasteiger charge is 2.20. The van der Waals surface area contributed by atoms with Gasteiger partial charge in [-0.3, -0.25) is 4.79 Å². The van der Waals surface area contributed by atoms with Gasteiger partial charge >= 0.3 is 0 Å². The number of carbonyl (C=O) groups is 1. The number of rotatable bonds is 3. The van der Waals surface area contributed by atoms with Gasteiger partial charge in [-0.15, -0.1) is 0 Å². The quantitative estimate of drug-likeness (QED) is 0.943. The van der Waals surface area contributed by atoms with Crippen molar-refractivity contribution in [3.63, 3.8) is 0 Å². The van der Waals surface area contributed by atoms with Crippen molar-refractivity contribution in [1.82, 2.24) is 5.32 Å². The molecule has 2 aliphatic rings. The zero-order chi connectivity index (χ0) is 16.5. The summed E-state index contributed by atoms with van der Waals surface area (Å²) in [7, 11) is 0. The summed E-state index contributed by atoms with van der Waals surface area (Å²) in [4.78, 5) is 12.5. The molecule has 0 spiro atoms.